The molecule has 0 unspecified atom stereocenters. The molecule has 7 nitrogen and oxygen atoms in total. The summed E-state index contributed by atoms with van der Waals surface area (Å²) in [5, 5.41) is 3.70. The van der Waals surface area contributed by atoms with Crippen molar-refractivity contribution in [2.45, 2.75) is 51.8 Å². The van der Waals surface area contributed by atoms with Crippen LogP contribution in [0.2, 0.25) is 5.02 Å². The van der Waals surface area contributed by atoms with Crippen molar-refractivity contribution >= 4 is 23.3 Å². The van der Waals surface area contributed by atoms with E-state index < -0.39 is 0 Å². The number of aromatic nitrogens is 3. The fraction of sp³-hybridized carbons (Fsp3) is 0.360. The minimum atomic E-state index is -0.239. The second-order valence-corrected chi connectivity index (χ2v) is 8.62. The molecule has 0 saturated carbocycles. The van der Waals surface area contributed by atoms with E-state index in [1.165, 1.54) is 0 Å². The van der Waals surface area contributed by atoms with E-state index in [1.807, 2.05) is 42.7 Å². The zero-order valence-electron chi connectivity index (χ0n) is 18.8. The number of hydrogen-bond acceptors (Lipinski definition) is 5. The Morgan fingerprint density at radius 1 is 1.27 bits per heavy atom. The quantitative estimate of drug-likeness (QED) is 0.485. The molecule has 1 N–H and O–H groups in total. The summed E-state index contributed by atoms with van der Waals surface area (Å²) in [6.45, 7) is 5.27. The molecule has 1 amide bonds. The highest BCUT2D eigenvalue weighted by molar-refractivity contribution is 6.31. The summed E-state index contributed by atoms with van der Waals surface area (Å²) in [5.74, 6) is -0.357. The molecule has 2 aromatic heterocycles. The lowest BCUT2D eigenvalue weighted by Gasteiger charge is -2.21. The van der Waals surface area contributed by atoms with Crippen molar-refractivity contribution < 1.29 is 14.3 Å². The molecule has 3 aromatic rings. The zero-order valence-corrected chi connectivity index (χ0v) is 19.5. The summed E-state index contributed by atoms with van der Waals surface area (Å²) in [6.07, 6.45) is 5.87. The van der Waals surface area contributed by atoms with Crippen molar-refractivity contribution in [3.63, 3.8) is 0 Å². The topological polar surface area (TPSA) is 86.1 Å². The SMILES string of the molecule is CC[C@@H](NC(=O)c1cc(C(=O)C[C@H](C)c2cnccn2)n2c1COCC2)c1ccccc1Cl. The van der Waals surface area contributed by atoms with Crippen molar-refractivity contribution in [3.05, 3.63) is 82.2 Å². The normalized spacial score (nSPS) is 14.9. The van der Waals surface area contributed by atoms with Crippen LogP contribution < -0.4 is 5.32 Å². The van der Waals surface area contributed by atoms with Gasteiger partial charge >= 0.3 is 0 Å². The predicted octanol–water partition coefficient (Wildman–Crippen LogP) is 4.72. The maximum absolute atomic E-state index is 13.3. The molecule has 2 atom stereocenters. The van der Waals surface area contributed by atoms with Gasteiger partial charge in [-0.2, -0.15) is 0 Å². The van der Waals surface area contributed by atoms with Crippen LogP contribution in [0.5, 0.6) is 0 Å². The van der Waals surface area contributed by atoms with Crippen LogP contribution in [0.4, 0.5) is 0 Å². The second-order valence-electron chi connectivity index (χ2n) is 8.21. The molecular weight excluding hydrogens is 440 g/mol. The average molecular weight is 467 g/mol. The molecule has 3 heterocycles. The Balaban J connectivity index is 1.58. The Kier molecular flexibility index (Phi) is 7.20. The highest BCUT2D eigenvalue weighted by atomic mass is 35.5. The number of fused-ring (bicyclic) bond motifs is 1. The molecule has 172 valence electrons. The van der Waals surface area contributed by atoms with E-state index in [0.717, 1.165) is 17.0 Å². The lowest BCUT2D eigenvalue weighted by Crippen LogP contribution is -2.30. The van der Waals surface area contributed by atoms with E-state index in [4.69, 9.17) is 16.3 Å². The number of carbonyl (C=O) groups excluding carboxylic acids is 2. The van der Waals surface area contributed by atoms with Gasteiger partial charge in [0.1, 0.15) is 0 Å². The van der Waals surface area contributed by atoms with E-state index in [-0.39, 0.29) is 30.1 Å². The Hall–Kier alpha value is -3.03. The van der Waals surface area contributed by atoms with Gasteiger partial charge in [-0.05, 0) is 24.1 Å². The third-order valence-electron chi connectivity index (χ3n) is 6.01. The summed E-state index contributed by atoms with van der Waals surface area (Å²) in [4.78, 5) is 34.9. The zero-order chi connectivity index (χ0) is 23.4. The summed E-state index contributed by atoms with van der Waals surface area (Å²) in [7, 11) is 0. The second kappa shape index (κ2) is 10.3. The van der Waals surface area contributed by atoms with E-state index in [2.05, 4.69) is 15.3 Å². The van der Waals surface area contributed by atoms with Crippen molar-refractivity contribution in [1.82, 2.24) is 19.9 Å². The summed E-state index contributed by atoms with van der Waals surface area (Å²) in [6, 6.07) is 8.96. The summed E-state index contributed by atoms with van der Waals surface area (Å²) >= 11 is 6.36. The highest BCUT2D eigenvalue weighted by Crippen LogP contribution is 2.28. The Morgan fingerprint density at radius 3 is 2.82 bits per heavy atom. The van der Waals surface area contributed by atoms with E-state index in [0.29, 0.717) is 42.5 Å². The number of hydrogen-bond donors (Lipinski definition) is 1. The van der Waals surface area contributed by atoms with Crippen molar-refractivity contribution in [2.75, 3.05) is 6.61 Å². The number of ether oxygens (including phenoxy) is 1. The summed E-state index contributed by atoms with van der Waals surface area (Å²) < 4.78 is 7.53. The Labute approximate surface area is 198 Å². The molecule has 1 aromatic carbocycles. The monoisotopic (exact) mass is 466 g/mol. The van der Waals surface area contributed by atoms with Gasteiger partial charge in [0.2, 0.25) is 0 Å². The van der Waals surface area contributed by atoms with E-state index in [1.54, 1.807) is 24.7 Å². The van der Waals surface area contributed by atoms with Crippen molar-refractivity contribution in [1.29, 1.82) is 0 Å². The molecular formula is C25H27ClN4O3. The smallest absolute Gasteiger partial charge is 0.253 e. The molecule has 0 fully saturated rings. The number of Topliss-reactive ketones (excluding diaryl/α,β-unsaturated/α-hetero) is 1. The first-order valence-corrected chi connectivity index (χ1v) is 11.5. The van der Waals surface area contributed by atoms with Crippen molar-refractivity contribution in [2.24, 2.45) is 0 Å². The number of ketones is 1. The lowest BCUT2D eigenvalue weighted by atomic mass is 9.99. The molecule has 0 spiro atoms. The van der Waals surface area contributed by atoms with Gasteiger partial charge in [-0.25, -0.2) is 0 Å². The fourth-order valence-corrected chi connectivity index (χ4v) is 4.47. The molecule has 1 aliphatic rings. The van der Waals surface area contributed by atoms with Gasteiger partial charge < -0.3 is 14.6 Å². The predicted molar refractivity (Wildman–Crippen MR) is 125 cm³/mol. The third-order valence-corrected chi connectivity index (χ3v) is 6.35. The molecule has 0 saturated heterocycles. The molecule has 33 heavy (non-hydrogen) atoms. The number of carbonyl (C=O) groups is 2. The molecule has 4 rings (SSSR count). The lowest BCUT2D eigenvalue weighted by molar-refractivity contribution is 0.0781. The molecule has 1 aliphatic heterocycles. The fourth-order valence-electron chi connectivity index (χ4n) is 4.20. The van der Waals surface area contributed by atoms with Crippen LogP contribution in [0.15, 0.2) is 48.9 Å². The molecule has 0 bridgehead atoms. The molecule has 0 radical (unpaired) electrons. The van der Waals surface area contributed by atoms with Crippen LogP contribution >= 0.6 is 11.6 Å². The first-order valence-electron chi connectivity index (χ1n) is 11.1. The van der Waals surface area contributed by atoms with Gasteiger partial charge in [0, 0.05) is 42.5 Å². The molecule has 0 aliphatic carbocycles. The van der Waals surface area contributed by atoms with Gasteiger partial charge in [0.25, 0.3) is 5.91 Å². The maximum atomic E-state index is 13.3. The minimum absolute atomic E-state index is 0.0338. The number of nitrogens with one attached hydrogen (secondary N) is 1. The van der Waals surface area contributed by atoms with Crippen LogP contribution in [0.25, 0.3) is 0 Å². The van der Waals surface area contributed by atoms with Crippen LogP contribution in [-0.4, -0.2) is 32.8 Å². The highest BCUT2D eigenvalue weighted by Gasteiger charge is 2.28. The van der Waals surface area contributed by atoms with Crippen LogP contribution in [0, 0.1) is 0 Å². The number of amides is 1. The van der Waals surface area contributed by atoms with Gasteiger partial charge in [0.05, 0.1) is 41.9 Å². The Bertz CT molecular complexity index is 1150. The van der Waals surface area contributed by atoms with Gasteiger partial charge in [-0.1, -0.05) is 43.6 Å². The van der Waals surface area contributed by atoms with Crippen LogP contribution in [0.1, 0.15) is 76.4 Å². The Morgan fingerprint density at radius 2 is 2.09 bits per heavy atom. The average Bonchev–Trinajstić information content (AvgIpc) is 3.23. The standard InChI is InChI=1S/C25H27ClN4O3/c1-3-20(17-6-4-5-7-19(17)26)29-25(32)18-13-22(30-10-11-33-15-23(18)30)24(31)12-16(2)21-14-27-8-9-28-21/h4-9,13-14,16,20H,3,10-12,15H2,1-2H3,(H,29,32)/t16-,20+/m0/s1. The van der Waals surface area contributed by atoms with E-state index in [9.17, 15) is 9.59 Å². The molecule has 8 heteroatoms. The minimum Gasteiger partial charge on any atom is -0.373 e. The number of halogens is 1. The number of rotatable bonds is 8. The van der Waals surface area contributed by atoms with Gasteiger partial charge in [-0.3, -0.25) is 19.6 Å². The van der Waals surface area contributed by atoms with E-state index >= 15 is 0 Å². The van der Waals surface area contributed by atoms with Crippen LogP contribution in [-0.2, 0) is 17.9 Å². The number of nitrogens with zero attached hydrogens (tertiary/aromatic N) is 3. The van der Waals surface area contributed by atoms with Crippen LogP contribution in [0.3, 0.4) is 0 Å². The van der Waals surface area contributed by atoms with Gasteiger partial charge in [-0.15, -0.1) is 0 Å². The maximum Gasteiger partial charge on any atom is 0.253 e. The summed E-state index contributed by atoms with van der Waals surface area (Å²) in [5.41, 5.74) is 3.36. The first kappa shape index (κ1) is 23.1. The van der Waals surface area contributed by atoms with Gasteiger partial charge in [0.15, 0.2) is 5.78 Å². The largest absolute Gasteiger partial charge is 0.373 e. The third kappa shape index (κ3) is 4.99. The first-order chi connectivity index (χ1) is 16.0. The number of benzene rings is 1. The van der Waals surface area contributed by atoms with Crippen molar-refractivity contribution in [3.8, 4) is 0 Å².